The van der Waals surface area contributed by atoms with Crippen molar-refractivity contribution in [1.82, 2.24) is 0 Å². The van der Waals surface area contributed by atoms with E-state index in [1.807, 2.05) is 0 Å². The van der Waals surface area contributed by atoms with Crippen molar-refractivity contribution >= 4 is 17.6 Å². The van der Waals surface area contributed by atoms with Gasteiger partial charge in [0.25, 0.3) is 5.25 Å². The van der Waals surface area contributed by atoms with E-state index in [4.69, 9.17) is 16.7 Å². The SMILES string of the molecule is C=C(C)C(=O)OC(O)(Cl)CC. The maximum absolute atomic E-state index is 10.8. The highest BCUT2D eigenvalue weighted by Crippen LogP contribution is 2.18. The van der Waals surface area contributed by atoms with Crippen molar-refractivity contribution in [1.29, 1.82) is 0 Å². The van der Waals surface area contributed by atoms with E-state index in [0.29, 0.717) is 0 Å². The zero-order valence-corrected chi connectivity index (χ0v) is 7.31. The number of alkyl halides is 1. The van der Waals surface area contributed by atoms with Gasteiger partial charge in [-0.1, -0.05) is 13.5 Å². The van der Waals surface area contributed by atoms with E-state index in [2.05, 4.69) is 11.3 Å². The first kappa shape index (κ1) is 10.5. The standard InChI is InChI=1S/C7H11ClO3/c1-4-7(8,10)11-6(9)5(2)3/h10H,2,4H2,1,3H3. The molecule has 11 heavy (non-hydrogen) atoms. The van der Waals surface area contributed by atoms with E-state index in [1.165, 1.54) is 6.92 Å². The highest BCUT2D eigenvalue weighted by Gasteiger charge is 2.25. The smallest absolute Gasteiger partial charge is 0.336 e. The summed E-state index contributed by atoms with van der Waals surface area (Å²) in [5.74, 6) is -0.690. The normalized spacial score (nSPS) is 15.3. The van der Waals surface area contributed by atoms with Crippen LogP contribution in [0.15, 0.2) is 12.2 Å². The number of ether oxygens (including phenoxy) is 1. The Bertz CT molecular complexity index is 175. The van der Waals surface area contributed by atoms with Gasteiger partial charge in [-0.3, -0.25) is 0 Å². The third-order valence-electron chi connectivity index (χ3n) is 1.03. The second-order valence-corrected chi connectivity index (χ2v) is 2.80. The molecule has 0 heterocycles. The van der Waals surface area contributed by atoms with E-state index in [1.54, 1.807) is 6.92 Å². The molecule has 1 unspecified atom stereocenters. The number of rotatable bonds is 3. The summed E-state index contributed by atoms with van der Waals surface area (Å²) < 4.78 is 4.43. The number of hydrogen-bond donors (Lipinski definition) is 1. The Morgan fingerprint density at radius 2 is 2.27 bits per heavy atom. The van der Waals surface area contributed by atoms with Crippen LogP contribution in [0.5, 0.6) is 0 Å². The number of halogens is 1. The van der Waals surface area contributed by atoms with Crippen LogP contribution in [0.1, 0.15) is 20.3 Å². The van der Waals surface area contributed by atoms with E-state index < -0.39 is 11.2 Å². The Kier molecular flexibility index (Phi) is 3.55. The first-order chi connectivity index (χ1) is 4.89. The molecule has 0 aromatic carbocycles. The number of esters is 1. The van der Waals surface area contributed by atoms with Gasteiger partial charge >= 0.3 is 5.97 Å². The van der Waals surface area contributed by atoms with Gasteiger partial charge < -0.3 is 9.84 Å². The molecule has 64 valence electrons. The van der Waals surface area contributed by atoms with Crippen LogP contribution in [0.2, 0.25) is 0 Å². The van der Waals surface area contributed by atoms with E-state index in [0.717, 1.165) is 0 Å². The summed E-state index contributed by atoms with van der Waals surface area (Å²) in [5, 5.41) is 7.13. The van der Waals surface area contributed by atoms with Crippen LogP contribution in [-0.4, -0.2) is 16.3 Å². The summed E-state index contributed by atoms with van der Waals surface area (Å²) in [6.07, 6.45) is 0.133. The van der Waals surface area contributed by atoms with Gasteiger partial charge in [-0.15, -0.1) is 0 Å². The number of hydrogen-bond acceptors (Lipinski definition) is 3. The Balaban J connectivity index is 4.04. The van der Waals surface area contributed by atoms with Gasteiger partial charge in [0.1, 0.15) is 0 Å². The van der Waals surface area contributed by atoms with Crippen LogP contribution in [-0.2, 0) is 9.53 Å². The number of aliphatic hydroxyl groups is 1. The first-order valence-electron chi connectivity index (χ1n) is 3.19. The maximum Gasteiger partial charge on any atom is 0.336 e. The monoisotopic (exact) mass is 178 g/mol. The van der Waals surface area contributed by atoms with E-state index in [9.17, 15) is 4.79 Å². The Morgan fingerprint density at radius 1 is 1.82 bits per heavy atom. The fourth-order valence-corrected chi connectivity index (χ4v) is 0.371. The lowest BCUT2D eigenvalue weighted by atomic mass is 10.3. The van der Waals surface area contributed by atoms with Crippen molar-refractivity contribution in [2.45, 2.75) is 25.5 Å². The molecule has 0 rings (SSSR count). The van der Waals surface area contributed by atoms with Crippen LogP contribution in [0, 0.1) is 0 Å². The molecule has 0 fully saturated rings. The summed E-state index contributed by atoms with van der Waals surface area (Å²) in [7, 11) is 0. The van der Waals surface area contributed by atoms with Crippen molar-refractivity contribution in [2.24, 2.45) is 0 Å². The number of carbonyl (C=O) groups is 1. The molecule has 0 aromatic heterocycles. The summed E-state index contributed by atoms with van der Waals surface area (Å²) in [4.78, 5) is 10.8. The highest BCUT2D eigenvalue weighted by molar-refractivity contribution is 6.22. The molecule has 0 aliphatic carbocycles. The van der Waals surface area contributed by atoms with Crippen molar-refractivity contribution < 1.29 is 14.6 Å². The first-order valence-corrected chi connectivity index (χ1v) is 3.57. The molecule has 0 amide bonds. The topological polar surface area (TPSA) is 46.5 Å². The van der Waals surface area contributed by atoms with Crippen LogP contribution in [0.3, 0.4) is 0 Å². The Hall–Kier alpha value is -0.540. The van der Waals surface area contributed by atoms with Crippen molar-refractivity contribution in [2.75, 3.05) is 0 Å². The molecule has 0 spiro atoms. The Labute approximate surface area is 70.6 Å². The zero-order valence-electron chi connectivity index (χ0n) is 6.56. The third kappa shape index (κ3) is 4.01. The molecule has 1 N–H and O–H groups in total. The zero-order chi connectivity index (χ0) is 9.07. The minimum atomic E-state index is -1.89. The average molecular weight is 179 g/mol. The van der Waals surface area contributed by atoms with E-state index in [-0.39, 0.29) is 12.0 Å². The largest absolute Gasteiger partial charge is 0.415 e. The molecule has 0 saturated carbocycles. The fourth-order valence-electron chi connectivity index (χ4n) is 0.301. The predicted octanol–water partition coefficient (Wildman–Crippen LogP) is 1.40. The second kappa shape index (κ2) is 3.74. The molecule has 0 radical (unpaired) electrons. The Morgan fingerprint density at radius 3 is 2.55 bits per heavy atom. The molecular formula is C7H11ClO3. The second-order valence-electron chi connectivity index (χ2n) is 2.21. The molecule has 0 aromatic rings. The van der Waals surface area contributed by atoms with Gasteiger partial charge in [-0.2, -0.15) is 0 Å². The molecule has 0 aliphatic rings. The minimum Gasteiger partial charge on any atom is -0.415 e. The summed E-state index contributed by atoms with van der Waals surface area (Å²) in [6.45, 7) is 6.40. The van der Waals surface area contributed by atoms with Crippen molar-refractivity contribution in [3.05, 3.63) is 12.2 Å². The van der Waals surface area contributed by atoms with Crippen molar-refractivity contribution in [3.8, 4) is 0 Å². The molecular weight excluding hydrogens is 168 g/mol. The molecule has 1 atom stereocenters. The molecule has 4 heteroatoms. The predicted molar refractivity (Wildman–Crippen MR) is 42.0 cm³/mol. The van der Waals surface area contributed by atoms with Gasteiger partial charge in [0.2, 0.25) is 0 Å². The van der Waals surface area contributed by atoms with Crippen LogP contribution in [0.4, 0.5) is 0 Å². The van der Waals surface area contributed by atoms with Crippen molar-refractivity contribution in [3.63, 3.8) is 0 Å². The highest BCUT2D eigenvalue weighted by atomic mass is 35.5. The molecule has 0 saturated heterocycles. The van der Waals surface area contributed by atoms with Crippen LogP contribution >= 0.6 is 11.6 Å². The minimum absolute atomic E-state index is 0.133. The van der Waals surface area contributed by atoms with Crippen LogP contribution in [0.25, 0.3) is 0 Å². The quantitative estimate of drug-likeness (QED) is 0.308. The maximum atomic E-state index is 10.8. The van der Waals surface area contributed by atoms with Crippen LogP contribution < -0.4 is 0 Å². The summed E-state index contributed by atoms with van der Waals surface area (Å²) in [5.41, 5.74) is 0.206. The lowest BCUT2D eigenvalue weighted by Gasteiger charge is -2.18. The van der Waals surface area contributed by atoms with E-state index >= 15 is 0 Å². The molecule has 0 bridgehead atoms. The number of carbonyl (C=O) groups excluding carboxylic acids is 1. The van der Waals surface area contributed by atoms with Gasteiger partial charge in [-0.05, 0) is 18.5 Å². The lowest BCUT2D eigenvalue weighted by Crippen LogP contribution is -2.27. The molecule has 3 nitrogen and oxygen atoms in total. The van der Waals surface area contributed by atoms with Gasteiger partial charge in [0.15, 0.2) is 0 Å². The summed E-state index contributed by atoms with van der Waals surface area (Å²) in [6, 6.07) is 0. The lowest BCUT2D eigenvalue weighted by molar-refractivity contribution is -0.174. The summed E-state index contributed by atoms with van der Waals surface area (Å²) >= 11 is 5.33. The average Bonchev–Trinajstić information content (AvgIpc) is 1.87. The third-order valence-corrected chi connectivity index (χ3v) is 1.38. The molecule has 0 aliphatic heterocycles. The van der Waals surface area contributed by atoms with Gasteiger partial charge in [0, 0.05) is 12.0 Å². The van der Waals surface area contributed by atoms with Gasteiger partial charge in [0.05, 0.1) is 0 Å². The van der Waals surface area contributed by atoms with Gasteiger partial charge in [-0.25, -0.2) is 4.79 Å². The fraction of sp³-hybridized carbons (Fsp3) is 0.571.